The molecule has 0 spiro atoms. The highest BCUT2D eigenvalue weighted by Gasteiger charge is 2.33. The average Bonchev–Trinajstić information content (AvgIpc) is 3.30. The van der Waals surface area contributed by atoms with Crippen LogP contribution in [0.25, 0.3) is 0 Å². The van der Waals surface area contributed by atoms with Gasteiger partial charge in [-0.15, -0.1) is 0 Å². The molecule has 23 heavy (non-hydrogen) atoms. The number of sulfonamides is 1. The average molecular weight is 339 g/mol. The van der Waals surface area contributed by atoms with Crippen LogP contribution in [0, 0.1) is 11.8 Å². The lowest BCUT2D eigenvalue weighted by Gasteiger charge is -2.31. The Morgan fingerprint density at radius 3 is 2.22 bits per heavy atom. The second-order valence-electron chi connectivity index (χ2n) is 7.25. The zero-order valence-electron chi connectivity index (χ0n) is 14.7. The van der Waals surface area contributed by atoms with E-state index in [2.05, 4.69) is 33.0 Å². The maximum atomic E-state index is 13.0. The van der Waals surface area contributed by atoms with Gasteiger partial charge in [-0.05, 0) is 36.8 Å². The van der Waals surface area contributed by atoms with Crippen molar-refractivity contribution in [2.75, 3.05) is 13.1 Å². The minimum Gasteiger partial charge on any atom is -0.310 e. The molecule has 5 heteroatoms. The first kappa shape index (κ1) is 18.4. The van der Waals surface area contributed by atoms with E-state index in [1.807, 2.05) is 6.07 Å². The van der Waals surface area contributed by atoms with Crippen LogP contribution in [0.1, 0.15) is 40.5 Å². The van der Waals surface area contributed by atoms with E-state index in [4.69, 9.17) is 0 Å². The summed E-state index contributed by atoms with van der Waals surface area (Å²) in [6.45, 7) is 9.66. The quantitative estimate of drug-likeness (QED) is 0.753. The van der Waals surface area contributed by atoms with Crippen molar-refractivity contribution in [2.45, 2.75) is 57.5 Å². The SMILES string of the molecule is CC(C)N[C@H](CN(CC1CC1)S(=O)(=O)c1ccccc1)C(C)C. The van der Waals surface area contributed by atoms with Crippen molar-refractivity contribution in [3.05, 3.63) is 30.3 Å². The van der Waals surface area contributed by atoms with Crippen LogP contribution in [0.4, 0.5) is 0 Å². The van der Waals surface area contributed by atoms with Crippen LogP contribution < -0.4 is 5.32 Å². The fourth-order valence-electron chi connectivity index (χ4n) is 2.70. The molecule has 0 bridgehead atoms. The Morgan fingerprint density at radius 2 is 1.74 bits per heavy atom. The molecule has 1 aromatic carbocycles. The third kappa shape index (κ3) is 5.30. The van der Waals surface area contributed by atoms with Crippen molar-refractivity contribution in [1.82, 2.24) is 9.62 Å². The maximum absolute atomic E-state index is 13.0. The second-order valence-corrected chi connectivity index (χ2v) is 9.19. The molecule has 1 fully saturated rings. The molecular formula is C18H30N2O2S. The number of nitrogens with one attached hydrogen (secondary N) is 1. The second kappa shape index (κ2) is 7.77. The highest BCUT2D eigenvalue weighted by Crippen LogP contribution is 2.32. The minimum atomic E-state index is -3.43. The summed E-state index contributed by atoms with van der Waals surface area (Å²) in [6.07, 6.45) is 2.29. The standard InChI is InChI=1S/C18H30N2O2S/c1-14(2)18(19-15(3)4)13-20(12-16-10-11-16)23(21,22)17-8-6-5-7-9-17/h5-9,14-16,18-19H,10-13H2,1-4H3/t18-/m1/s1. The van der Waals surface area contributed by atoms with Gasteiger partial charge in [0.25, 0.3) is 0 Å². The summed E-state index contributed by atoms with van der Waals surface area (Å²) in [6, 6.07) is 9.30. The van der Waals surface area contributed by atoms with Crippen LogP contribution >= 0.6 is 0 Å². The molecule has 0 aromatic heterocycles. The molecule has 4 nitrogen and oxygen atoms in total. The fraction of sp³-hybridized carbons (Fsp3) is 0.667. The molecule has 1 atom stereocenters. The summed E-state index contributed by atoms with van der Waals surface area (Å²) >= 11 is 0. The van der Waals surface area contributed by atoms with Crippen LogP contribution in [0.2, 0.25) is 0 Å². The van der Waals surface area contributed by atoms with Crippen LogP contribution in [0.5, 0.6) is 0 Å². The number of hydrogen-bond acceptors (Lipinski definition) is 3. The summed E-state index contributed by atoms with van der Waals surface area (Å²) in [7, 11) is -3.43. The summed E-state index contributed by atoms with van der Waals surface area (Å²) < 4.78 is 27.8. The monoisotopic (exact) mass is 338 g/mol. The lowest BCUT2D eigenvalue weighted by atomic mass is 10.0. The molecule has 0 unspecified atom stereocenters. The summed E-state index contributed by atoms with van der Waals surface area (Å²) in [5.41, 5.74) is 0. The third-order valence-electron chi connectivity index (χ3n) is 4.29. The number of hydrogen-bond donors (Lipinski definition) is 1. The normalized spacial score (nSPS) is 17.2. The van der Waals surface area contributed by atoms with Gasteiger partial charge in [0.15, 0.2) is 0 Å². The molecule has 0 radical (unpaired) electrons. The molecular weight excluding hydrogens is 308 g/mol. The Hall–Kier alpha value is -0.910. The van der Waals surface area contributed by atoms with E-state index in [9.17, 15) is 8.42 Å². The molecule has 1 aromatic rings. The van der Waals surface area contributed by atoms with E-state index in [1.54, 1.807) is 28.6 Å². The van der Waals surface area contributed by atoms with Gasteiger partial charge in [-0.3, -0.25) is 0 Å². The van der Waals surface area contributed by atoms with Crippen LogP contribution in [-0.4, -0.2) is 37.9 Å². The van der Waals surface area contributed by atoms with Crippen molar-refractivity contribution in [1.29, 1.82) is 0 Å². The lowest BCUT2D eigenvalue weighted by Crippen LogP contribution is -2.49. The van der Waals surface area contributed by atoms with Gasteiger partial charge < -0.3 is 5.32 Å². The van der Waals surface area contributed by atoms with Gasteiger partial charge in [-0.1, -0.05) is 45.9 Å². The van der Waals surface area contributed by atoms with E-state index in [0.717, 1.165) is 12.8 Å². The van der Waals surface area contributed by atoms with Crippen molar-refractivity contribution in [3.63, 3.8) is 0 Å². The van der Waals surface area contributed by atoms with Gasteiger partial charge in [0.05, 0.1) is 4.90 Å². The molecule has 0 heterocycles. The Balaban J connectivity index is 2.22. The van der Waals surface area contributed by atoms with Crippen molar-refractivity contribution < 1.29 is 8.42 Å². The zero-order chi connectivity index (χ0) is 17.0. The van der Waals surface area contributed by atoms with Crippen molar-refractivity contribution in [3.8, 4) is 0 Å². The summed E-state index contributed by atoms with van der Waals surface area (Å²) in [5.74, 6) is 0.908. The highest BCUT2D eigenvalue weighted by molar-refractivity contribution is 7.89. The van der Waals surface area contributed by atoms with E-state index < -0.39 is 10.0 Å². The Bertz CT molecular complexity index is 580. The summed E-state index contributed by atoms with van der Waals surface area (Å²) in [5, 5.41) is 3.52. The molecule has 0 amide bonds. The first-order valence-corrected chi connectivity index (χ1v) is 10.1. The van der Waals surface area contributed by atoms with Gasteiger partial charge in [0.1, 0.15) is 0 Å². The molecule has 1 aliphatic rings. The van der Waals surface area contributed by atoms with Gasteiger partial charge in [-0.2, -0.15) is 4.31 Å². The Morgan fingerprint density at radius 1 is 1.13 bits per heavy atom. The fourth-order valence-corrected chi connectivity index (χ4v) is 4.27. The largest absolute Gasteiger partial charge is 0.310 e. The van der Waals surface area contributed by atoms with Gasteiger partial charge in [0.2, 0.25) is 10.0 Å². The molecule has 1 saturated carbocycles. The number of benzene rings is 1. The minimum absolute atomic E-state index is 0.159. The van der Waals surface area contributed by atoms with Gasteiger partial charge in [-0.25, -0.2) is 8.42 Å². The van der Waals surface area contributed by atoms with Crippen molar-refractivity contribution >= 4 is 10.0 Å². The number of nitrogens with zero attached hydrogens (tertiary/aromatic N) is 1. The molecule has 0 saturated heterocycles. The zero-order valence-corrected chi connectivity index (χ0v) is 15.5. The molecule has 1 N–H and O–H groups in total. The van der Waals surface area contributed by atoms with Crippen LogP contribution in [0.15, 0.2) is 35.2 Å². The molecule has 1 aliphatic carbocycles. The van der Waals surface area contributed by atoms with Gasteiger partial charge >= 0.3 is 0 Å². The molecule has 2 rings (SSSR count). The third-order valence-corrected chi connectivity index (χ3v) is 6.14. The van der Waals surface area contributed by atoms with Crippen LogP contribution in [0.3, 0.4) is 0 Å². The van der Waals surface area contributed by atoms with Crippen molar-refractivity contribution in [2.24, 2.45) is 11.8 Å². The summed E-state index contributed by atoms with van der Waals surface area (Å²) in [4.78, 5) is 0.396. The topological polar surface area (TPSA) is 49.4 Å². The van der Waals surface area contributed by atoms with E-state index >= 15 is 0 Å². The van der Waals surface area contributed by atoms with E-state index in [1.165, 1.54) is 0 Å². The molecule has 0 aliphatic heterocycles. The Kier molecular flexibility index (Phi) is 6.23. The smallest absolute Gasteiger partial charge is 0.243 e. The molecule has 130 valence electrons. The Labute approximate surface area is 141 Å². The lowest BCUT2D eigenvalue weighted by molar-refractivity contribution is 0.285. The van der Waals surface area contributed by atoms with E-state index in [-0.39, 0.29) is 6.04 Å². The first-order chi connectivity index (χ1) is 10.8. The maximum Gasteiger partial charge on any atom is 0.243 e. The van der Waals surface area contributed by atoms with Crippen LogP contribution in [-0.2, 0) is 10.0 Å². The number of rotatable bonds is 9. The first-order valence-electron chi connectivity index (χ1n) is 8.62. The van der Waals surface area contributed by atoms with Gasteiger partial charge in [0, 0.05) is 25.2 Å². The predicted octanol–water partition coefficient (Wildman–Crippen LogP) is 3.11. The predicted molar refractivity (Wildman–Crippen MR) is 94.8 cm³/mol. The highest BCUT2D eigenvalue weighted by atomic mass is 32.2. The van der Waals surface area contributed by atoms with E-state index in [0.29, 0.717) is 35.9 Å².